The van der Waals surface area contributed by atoms with Gasteiger partial charge in [-0.1, -0.05) is 90.6 Å². The molecular weight excluding hydrogens is 498 g/mol. The minimum absolute atomic E-state index is 0.0917. The number of rotatable bonds is 9. The molecular formula is C29H29Cl2FN2O2. The number of halogens is 3. The van der Waals surface area contributed by atoms with Gasteiger partial charge in [-0.3, -0.25) is 9.59 Å². The van der Waals surface area contributed by atoms with Gasteiger partial charge in [-0.05, 0) is 42.2 Å². The molecule has 4 rings (SSSR count). The van der Waals surface area contributed by atoms with Crippen LogP contribution >= 0.6 is 23.2 Å². The van der Waals surface area contributed by atoms with E-state index in [-0.39, 0.29) is 35.5 Å². The van der Waals surface area contributed by atoms with Crippen LogP contribution in [0.2, 0.25) is 10.0 Å². The Morgan fingerprint density at radius 3 is 2.28 bits per heavy atom. The highest BCUT2D eigenvalue weighted by Gasteiger charge is 2.33. The van der Waals surface area contributed by atoms with Crippen molar-refractivity contribution in [3.63, 3.8) is 0 Å². The van der Waals surface area contributed by atoms with Crippen molar-refractivity contribution in [2.24, 2.45) is 0 Å². The fraction of sp³-hybridized carbons (Fsp3) is 0.310. The van der Waals surface area contributed by atoms with Crippen LogP contribution in [-0.4, -0.2) is 28.8 Å². The second-order valence-corrected chi connectivity index (χ2v) is 10.00. The molecule has 0 spiro atoms. The van der Waals surface area contributed by atoms with Crippen LogP contribution in [0.4, 0.5) is 4.39 Å². The molecule has 0 heterocycles. The van der Waals surface area contributed by atoms with Gasteiger partial charge < -0.3 is 10.2 Å². The van der Waals surface area contributed by atoms with Gasteiger partial charge >= 0.3 is 0 Å². The number of hydrogen-bond donors (Lipinski definition) is 1. The van der Waals surface area contributed by atoms with Gasteiger partial charge in [-0.15, -0.1) is 0 Å². The zero-order valence-corrected chi connectivity index (χ0v) is 21.4. The molecule has 188 valence electrons. The SMILES string of the molecule is O=C(NC1CCCC1)[C@@H](Cc1ccccc1)N(Cc1ccccc1Cl)C(=O)Cc1c(F)cccc1Cl. The molecule has 36 heavy (non-hydrogen) atoms. The largest absolute Gasteiger partial charge is 0.352 e. The first-order chi connectivity index (χ1) is 17.4. The second kappa shape index (κ2) is 12.4. The van der Waals surface area contributed by atoms with E-state index in [4.69, 9.17) is 23.2 Å². The summed E-state index contributed by atoms with van der Waals surface area (Å²) in [5.41, 5.74) is 1.74. The molecule has 0 unspecified atom stereocenters. The number of nitrogens with zero attached hydrogens (tertiary/aromatic N) is 1. The number of nitrogens with one attached hydrogen (secondary N) is 1. The number of benzene rings is 3. The molecule has 1 N–H and O–H groups in total. The normalized spacial score (nSPS) is 14.4. The lowest BCUT2D eigenvalue weighted by Crippen LogP contribution is -2.52. The number of carbonyl (C=O) groups excluding carboxylic acids is 2. The van der Waals surface area contributed by atoms with Crippen molar-refractivity contribution in [2.45, 2.75) is 57.2 Å². The molecule has 0 radical (unpaired) electrons. The van der Waals surface area contributed by atoms with Crippen molar-refractivity contribution in [3.8, 4) is 0 Å². The van der Waals surface area contributed by atoms with Crippen LogP contribution in [0.3, 0.4) is 0 Å². The highest BCUT2D eigenvalue weighted by molar-refractivity contribution is 6.31. The summed E-state index contributed by atoms with van der Waals surface area (Å²) in [4.78, 5) is 29.0. The third-order valence-corrected chi connectivity index (χ3v) is 7.38. The molecule has 3 aromatic rings. The van der Waals surface area contributed by atoms with E-state index in [1.807, 2.05) is 48.5 Å². The van der Waals surface area contributed by atoms with Crippen LogP contribution < -0.4 is 5.32 Å². The standard InChI is InChI=1S/C29H29Cl2FN2O2/c30-24-14-7-4-11-21(24)19-34(28(35)18-23-25(31)15-8-16-26(23)32)27(17-20-9-2-1-3-10-20)29(36)33-22-12-5-6-13-22/h1-4,7-11,14-16,22,27H,5-6,12-13,17-19H2,(H,33,36)/t27-/m1/s1. The van der Waals surface area contributed by atoms with Gasteiger partial charge in [-0.25, -0.2) is 4.39 Å². The van der Waals surface area contributed by atoms with Crippen LogP contribution in [0, 0.1) is 5.82 Å². The predicted octanol–water partition coefficient (Wildman–Crippen LogP) is 6.37. The quantitative estimate of drug-likeness (QED) is 0.352. The van der Waals surface area contributed by atoms with Gasteiger partial charge in [-0.2, -0.15) is 0 Å². The first kappa shape index (κ1) is 26.2. The number of carbonyl (C=O) groups is 2. The molecule has 0 aliphatic heterocycles. The number of hydrogen-bond acceptors (Lipinski definition) is 2. The average Bonchev–Trinajstić information content (AvgIpc) is 3.38. The highest BCUT2D eigenvalue weighted by Crippen LogP contribution is 2.25. The van der Waals surface area contributed by atoms with Crippen molar-refractivity contribution in [1.82, 2.24) is 10.2 Å². The van der Waals surface area contributed by atoms with Gasteiger partial charge in [0.25, 0.3) is 0 Å². The molecule has 4 nitrogen and oxygen atoms in total. The zero-order valence-electron chi connectivity index (χ0n) is 19.9. The Labute approximate surface area is 221 Å². The molecule has 0 bridgehead atoms. The van der Waals surface area contributed by atoms with Crippen LogP contribution in [0.1, 0.15) is 42.4 Å². The van der Waals surface area contributed by atoms with Crippen LogP contribution in [0.5, 0.6) is 0 Å². The summed E-state index contributed by atoms with van der Waals surface area (Å²) in [6.07, 6.45) is 4.05. The molecule has 0 aromatic heterocycles. The van der Waals surface area contributed by atoms with E-state index in [1.165, 1.54) is 17.0 Å². The molecule has 0 saturated heterocycles. The van der Waals surface area contributed by atoms with E-state index < -0.39 is 17.8 Å². The van der Waals surface area contributed by atoms with E-state index in [1.54, 1.807) is 12.1 Å². The van der Waals surface area contributed by atoms with E-state index in [9.17, 15) is 14.0 Å². The Morgan fingerprint density at radius 1 is 0.917 bits per heavy atom. The maximum Gasteiger partial charge on any atom is 0.243 e. The Morgan fingerprint density at radius 2 is 1.58 bits per heavy atom. The molecule has 1 atom stereocenters. The topological polar surface area (TPSA) is 49.4 Å². The predicted molar refractivity (Wildman–Crippen MR) is 141 cm³/mol. The molecule has 7 heteroatoms. The zero-order chi connectivity index (χ0) is 25.5. The van der Waals surface area contributed by atoms with Gasteiger partial charge in [0.2, 0.25) is 11.8 Å². The minimum atomic E-state index is -0.803. The van der Waals surface area contributed by atoms with Gasteiger partial charge in [0.05, 0.1) is 6.42 Å². The van der Waals surface area contributed by atoms with Crippen LogP contribution in [0.25, 0.3) is 0 Å². The summed E-state index contributed by atoms with van der Waals surface area (Å²) in [6, 6.07) is 20.4. The molecule has 1 fully saturated rings. The highest BCUT2D eigenvalue weighted by atomic mass is 35.5. The first-order valence-corrected chi connectivity index (χ1v) is 13.0. The summed E-state index contributed by atoms with van der Waals surface area (Å²) < 4.78 is 14.6. The Bertz CT molecular complexity index is 1180. The van der Waals surface area contributed by atoms with Crippen molar-refractivity contribution >= 4 is 35.0 Å². The first-order valence-electron chi connectivity index (χ1n) is 12.2. The van der Waals surface area contributed by atoms with E-state index in [0.29, 0.717) is 17.0 Å². The molecule has 1 saturated carbocycles. The summed E-state index contributed by atoms with van der Waals surface area (Å²) in [7, 11) is 0. The smallest absolute Gasteiger partial charge is 0.243 e. The second-order valence-electron chi connectivity index (χ2n) is 9.19. The lowest BCUT2D eigenvalue weighted by atomic mass is 10.0. The van der Waals surface area contributed by atoms with E-state index in [2.05, 4.69) is 5.32 Å². The molecule has 1 aliphatic carbocycles. The van der Waals surface area contributed by atoms with Crippen LogP contribution in [-0.2, 0) is 29.0 Å². The average molecular weight is 527 g/mol. The van der Waals surface area contributed by atoms with Crippen LogP contribution in [0.15, 0.2) is 72.8 Å². The third kappa shape index (κ3) is 6.65. The van der Waals surface area contributed by atoms with Crippen molar-refractivity contribution in [1.29, 1.82) is 0 Å². The Kier molecular flexibility index (Phi) is 9.00. The minimum Gasteiger partial charge on any atom is -0.352 e. The Hall–Kier alpha value is -2.89. The van der Waals surface area contributed by atoms with Crippen molar-refractivity contribution < 1.29 is 14.0 Å². The molecule has 3 aromatic carbocycles. The number of amides is 2. The molecule has 2 amide bonds. The van der Waals surface area contributed by atoms with E-state index >= 15 is 0 Å². The van der Waals surface area contributed by atoms with Crippen molar-refractivity contribution in [2.75, 3.05) is 0 Å². The van der Waals surface area contributed by atoms with E-state index in [0.717, 1.165) is 31.2 Å². The van der Waals surface area contributed by atoms with Gasteiger partial charge in [0, 0.05) is 34.6 Å². The fourth-order valence-electron chi connectivity index (χ4n) is 4.69. The summed E-state index contributed by atoms with van der Waals surface area (Å²) >= 11 is 12.7. The Balaban J connectivity index is 1.70. The lowest BCUT2D eigenvalue weighted by molar-refractivity contribution is -0.141. The lowest BCUT2D eigenvalue weighted by Gasteiger charge is -2.33. The third-order valence-electron chi connectivity index (χ3n) is 6.66. The fourth-order valence-corrected chi connectivity index (χ4v) is 5.11. The van der Waals surface area contributed by atoms with Gasteiger partial charge in [0.1, 0.15) is 11.9 Å². The summed E-state index contributed by atoms with van der Waals surface area (Å²) in [5, 5.41) is 3.83. The maximum atomic E-state index is 14.6. The summed E-state index contributed by atoms with van der Waals surface area (Å²) in [6.45, 7) is 0.111. The van der Waals surface area contributed by atoms with Crippen molar-refractivity contribution in [3.05, 3.63) is 105 Å². The monoisotopic (exact) mass is 526 g/mol. The maximum absolute atomic E-state index is 14.6. The van der Waals surface area contributed by atoms with Gasteiger partial charge in [0.15, 0.2) is 0 Å². The summed E-state index contributed by atoms with van der Waals surface area (Å²) in [5.74, 6) is -1.17. The molecule has 1 aliphatic rings.